The van der Waals surface area contributed by atoms with E-state index in [1.165, 1.54) is 24.1 Å². The summed E-state index contributed by atoms with van der Waals surface area (Å²) in [4.78, 5) is 15.7. The molecule has 2 fully saturated rings. The lowest BCUT2D eigenvalue weighted by molar-refractivity contribution is -0.137. The van der Waals surface area contributed by atoms with Crippen LogP contribution in [0.25, 0.3) is 0 Å². The van der Waals surface area contributed by atoms with Crippen LogP contribution in [-0.2, 0) is 16.0 Å². The first-order valence-electron chi connectivity index (χ1n) is 8.75. The van der Waals surface area contributed by atoms with Gasteiger partial charge in [0.25, 0.3) is 0 Å². The molecule has 2 amide bonds. The van der Waals surface area contributed by atoms with E-state index in [0.29, 0.717) is 11.4 Å². The number of fused-ring (bicyclic) bond motifs is 1. The fourth-order valence-corrected chi connectivity index (χ4v) is 5.80. The van der Waals surface area contributed by atoms with Gasteiger partial charge < -0.3 is 4.74 Å². The molecule has 2 atom stereocenters. The molecule has 0 N–H and O–H groups in total. The molecule has 0 aliphatic carbocycles. The Balaban J connectivity index is 1.78. The predicted octanol–water partition coefficient (Wildman–Crippen LogP) is 3.33. The third-order valence-corrected chi connectivity index (χ3v) is 6.87. The Hall–Kier alpha value is -2.75. The lowest BCUT2D eigenvalue weighted by Crippen LogP contribution is -2.38. The first-order chi connectivity index (χ1) is 13.6. The molecule has 2 heterocycles. The Kier molecular flexibility index (Phi) is 4.49. The van der Waals surface area contributed by atoms with Crippen molar-refractivity contribution in [2.45, 2.75) is 18.3 Å². The van der Waals surface area contributed by atoms with E-state index in [1.807, 2.05) is 0 Å². The van der Waals surface area contributed by atoms with Gasteiger partial charge >= 0.3 is 12.2 Å². The smallest absolute Gasteiger partial charge is 0.416 e. The van der Waals surface area contributed by atoms with Gasteiger partial charge in [0.05, 0.1) is 36.3 Å². The van der Waals surface area contributed by atoms with Gasteiger partial charge in [-0.05, 0) is 42.5 Å². The van der Waals surface area contributed by atoms with E-state index < -0.39 is 39.7 Å². The number of halogens is 3. The van der Waals surface area contributed by atoms with Crippen LogP contribution < -0.4 is 14.5 Å². The summed E-state index contributed by atoms with van der Waals surface area (Å²) >= 11 is 0. The SMILES string of the molecule is COc1ccc(N2C(=O)N(c3cccc(C(F)(F)F)c3)[C@@H]3CS(=O)(=O)C[C@H]32)cc1. The monoisotopic (exact) mass is 426 g/mol. The summed E-state index contributed by atoms with van der Waals surface area (Å²) in [6, 6.07) is 8.87. The van der Waals surface area contributed by atoms with Crippen molar-refractivity contribution in [3.05, 3.63) is 54.1 Å². The van der Waals surface area contributed by atoms with Crippen molar-refractivity contribution < 1.29 is 31.1 Å². The topological polar surface area (TPSA) is 66.9 Å². The minimum Gasteiger partial charge on any atom is -0.497 e. The van der Waals surface area contributed by atoms with Crippen LogP contribution >= 0.6 is 0 Å². The van der Waals surface area contributed by atoms with Gasteiger partial charge in [-0.25, -0.2) is 13.2 Å². The summed E-state index contributed by atoms with van der Waals surface area (Å²) in [7, 11) is -1.95. The van der Waals surface area contributed by atoms with Crippen LogP contribution in [0.15, 0.2) is 48.5 Å². The largest absolute Gasteiger partial charge is 0.497 e. The van der Waals surface area contributed by atoms with Gasteiger partial charge in [-0.2, -0.15) is 13.2 Å². The summed E-state index contributed by atoms with van der Waals surface area (Å²) in [5.74, 6) is 0.0164. The molecule has 2 aliphatic heterocycles. The maximum absolute atomic E-state index is 13.2. The van der Waals surface area contributed by atoms with Crippen molar-refractivity contribution in [3.63, 3.8) is 0 Å². The van der Waals surface area contributed by atoms with Crippen molar-refractivity contribution in [3.8, 4) is 5.75 Å². The van der Waals surface area contributed by atoms with Crippen molar-refractivity contribution >= 4 is 27.2 Å². The summed E-state index contributed by atoms with van der Waals surface area (Å²) in [5, 5.41) is 0. The molecule has 0 aromatic heterocycles. The van der Waals surface area contributed by atoms with Gasteiger partial charge in [-0.1, -0.05) is 6.07 Å². The number of benzene rings is 2. The molecule has 0 radical (unpaired) electrons. The fourth-order valence-electron chi connectivity index (χ4n) is 3.88. The Labute approximate surface area is 165 Å². The zero-order chi connectivity index (χ0) is 21.0. The lowest BCUT2D eigenvalue weighted by atomic mass is 10.1. The molecule has 4 rings (SSSR count). The van der Waals surface area contributed by atoms with Crippen molar-refractivity contribution in [2.24, 2.45) is 0 Å². The van der Waals surface area contributed by atoms with E-state index >= 15 is 0 Å². The maximum atomic E-state index is 13.2. The highest BCUT2D eigenvalue weighted by molar-refractivity contribution is 7.91. The Morgan fingerprint density at radius 1 is 0.966 bits per heavy atom. The van der Waals surface area contributed by atoms with Gasteiger partial charge in [0.2, 0.25) is 0 Å². The van der Waals surface area contributed by atoms with Crippen molar-refractivity contribution in [2.75, 3.05) is 28.4 Å². The first kappa shape index (κ1) is 19.6. The molecule has 10 heteroatoms. The Bertz CT molecular complexity index is 1050. The van der Waals surface area contributed by atoms with E-state index in [9.17, 15) is 26.4 Å². The third kappa shape index (κ3) is 3.41. The Morgan fingerprint density at radius 2 is 1.55 bits per heavy atom. The molecule has 29 heavy (non-hydrogen) atoms. The number of methoxy groups -OCH3 is 1. The average Bonchev–Trinajstić information content (AvgIpc) is 3.09. The van der Waals surface area contributed by atoms with Gasteiger partial charge in [-0.3, -0.25) is 9.80 Å². The number of alkyl halides is 3. The minimum absolute atomic E-state index is 0.0212. The van der Waals surface area contributed by atoms with E-state index in [4.69, 9.17) is 4.74 Å². The quantitative estimate of drug-likeness (QED) is 0.707. The number of ether oxygens (including phenoxy) is 1. The zero-order valence-corrected chi connectivity index (χ0v) is 16.1. The number of anilines is 2. The van der Waals surface area contributed by atoms with E-state index in [0.717, 1.165) is 17.0 Å². The number of carbonyl (C=O) groups is 1. The number of rotatable bonds is 3. The molecular weight excluding hydrogens is 409 g/mol. The second-order valence-electron chi connectivity index (χ2n) is 6.98. The Morgan fingerprint density at radius 3 is 2.10 bits per heavy atom. The maximum Gasteiger partial charge on any atom is 0.416 e. The number of hydrogen-bond acceptors (Lipinski definition) is 4. The number of hydrogen-bond donors (Lipinski definition) is 0. The normalized spacial score (nSPS) is 23.4. The molecule has 2 aliphatic rings. The van der Waals surface area contributed by atoms with Crippen LogP contribution in [0.1, 0.15) is 5.56 Å². The highest BCUT2D eigenvalue weighted by Crippen LogP contribution is 2.40. The van der Waals surface area contributed by atoms with Crippen LogP contribution in [0.3, 0.4) is 0 Å². The van der Waals surface area contributed by atoms with Crippen molar-refractivity contribution in [1.29, 1.82) is 0 Å². The van der Waals surface area contributed by atoms with E-state index in [2.05, 4.69) is 0 Å². The predicted molar refractivity (Wildman–Crippen MR) is 101 cm³/mol. The average molecular weight is 426 g/mol. The lowest BCUT2D eigenvalue weighted by Gasteiger charge is -2.23. The van der Waals surface area contributed by atoms with Crippen LogP contribution in [0.5, 0.6) is 5.75 Å². The highest BCUT2D eigenvalue weighted by Gasteiger charge is 2.54. The molecule has 0 unspecified atom stereocenters. The molecule has 0 saturated carbocycles. The fraction of sp³-hybridized carbons (Fsp3) is 0.316. The summed E-state index contributed by atoms with van der Waals surface area (Å²) < 4.78 is 69.0. The summed E-state index contributed by atoms with van der Waals surface area (Å²) in [6.45, 7) is 0. The van der Waals surface area contributed by atoms with Crippen LogP contribution in [0.4, 0.5) is 29.3 Å². The zero-order valence-electron chi connectivity index (χ0n) is 15.3. The summed E-state index contributed by atoms with van der Waals surface area (Å²) in [5.41, 5.74) is -0.423. The van der Waals surface area contributed by atoms with Crippen LogP contribution in [0, 0.1) is 0 Å². The van der Waals surface area contributed by atoms with Crippen molar-refractivity contribution in [1.82, 2.24) is 0 Å². The first-order valence-corrected chi connectivity index (χ1v) is 10.6. The second-order valence-corrected chi connectivity index (χ2v) is 9.13. The van der Waals surface area contributed by atoms with E-state index in [1.54, 1.807) is 24.3 Å². The third-order valence-electron chi connectivity index (χ3n) is 5.17. The number of urea groups is 1. The molecular formula is C19H17F3N2O4S. The summed E-state index contributed by atoms with van der Waals surface area (Å²) in [6.07, 6.45) is -4.57. The second kappa shape index (κ2) is 6.65. The number of carbonyl (C=O) groups excluding carboxylic acids is 1. The van der Waals surface area contributed by atoms with E-state index in [-0.39, 0.29) is 17.2 Å². The van der Waals surface area contributed by atoms with Gasteiger partial charge in [-0.15, -0.1) is 0 Å². The van der Waals surface area contributed by atoms with Crippen LogP contribution in [-0.4, -0.2) is 45.1 Å². The number of amides is 2. The van der Waals surface area contributed by atoms with Crippen LogP contribution in [0.2, 0.25) is 0 Å². The van der Waals surface area contributed by atoms with Gasteiger partial charge in [0, 0.05) is 11.4 Å². The number of nitrogens with zero attached hydrogens (tertiary/aromatic N) is 2. The molecule has 2 aromatic carbocycles. The highest BCUT2D eigenvalue weighted by atomic mass is 32.2. The molecule has 0 bridgehead atoms. The molecule has 154 valence electrons. The molecule has 6 nitrogen and oxygen atoms in total. The van der Waals surface area contributed by atoms with Gasteiger partial charge in [0.15, 0.2) is 9.84 Å². The molecule has 2 saturated heterocycles. The van der Waals surface area contributed by atoms with Gasteiger partial charge in [0.1, 0.15) is 5.75 Å². The minimum atomic E-state index is -4.57. The standard InChI is InChI=1S/C19H17F3N2O4S/c1-28-15-7-5-13(6-8-15)23-16-10-29(26,27)11-17(16)24(18(23)25)14-4-2-3-12(9-14)19(20,21)22/h2-9,16-17H,10-11H2,1H3/t16-,17-/m1/s1. The number of sulfone groups is 1. The molecule has 0 spiro atoms. The molecule has 2 aromatic rings.